The summed E-state index contributed by atoms with van der Waals surface area (Å²) in [6.45, 7) is 6.46. The molecular formula is C17H33NO. The lowest BCUT2D eigenvalue weighted by Gasteiger charge is -2.46. The van der Waals surface area contributed by atoms with Crippen molar-refractivity contribution in [3.05, 3.63) is 0 Å². The van der Waals surface area contributed by atoms with Crippen LogP contribution in [0.2, 0.25) is 0 Å². The van der Waals surface area contributed by atoms with Crippen molar-refractivity contribution < 1.29 is 4.74 Å². The van der Waals surface area contributed by atoms with E-state index in [4.69, 9.17) is 4.74 Å². The zero-order valence-corrected chi connectivity index (χ0v) is 13.0. The van der Waals surface area contributed by atoms with Crippen LogP contribution in [0.3, 0.4) is 0 Å². The van der Waals surface area contributed by atoms with Gasteiger partial charge in [-0.2, -0.15) is 0 Å². The van der Waals surface area contributed by atoms with Gasteiger partial charge in [0, 0.05) is 12.6 Å². The number of ether oxygens (including phenoxy) is 1. The molecule has 2 fully saturated rings. The Balaban J connectivity index is 2.10. The highest BCUT2D eigenvalue weighted by molar-refractivity contribution is 4.99. The van der Waals surface area contributed by atoms with Gasteiger partial charge in [-0.15, -0.1) is 0 Å². The molecule has 1 atom stereocenters. The number of nitrogens with one attached hydrogen (secondary N) is 1. The van der Waals surface area contributed by atoms with Crippen molar-refractivity contribution >= 4 is 0 Å². The molecule has 0 aromatic heterocycles. The van der Waals surface area contributed by atoms with Crippen molar-refractivity contribution in [3.63, 3.8) is 0 Å². The third kappa shape index (κ3) is 3.72. The maximum Gasteiger partial charge on any atom is 0.0837 e. The van der Waals surface area contributed by atoms with Crippen LogP contribution in [0.1, 0.15) is 78.1 Å². The van der Waals surface area contributed by atoms with Gasteiger partial charge < -0.3 is 10.1 Å². The van der Waals surface area contributed by atoms with Gasteiger partial charge in [0.25, 0.3) is 0 Å². The van der Waals surface area contributed by atoms with Crippen LogP contribution in [0.15, 0.2) is 0 Å². The summed E-state index contributed by atoms with van der Waals surface area (Å²) in [6.07, 6.45) is 13.6. The summed E-state index contributed by atoms with van der Waals surface area (Å²) in [4.78, 5) is 0. The van der Waals surface area contributed by atoms with Gasteiger partial charge in [-0.25, -0.2) is 0 Å². The van der Waals surface area contributed by atoms with E-state index in [0.29, 0.717) is 6.04 Å². The highest BCUT2D eigenvalue weighted by atomic mass is 16.5. The minimum absolute atomic E-state index is 0.150. The fourth-order valence-electron chi connectivity index (χ4n) is 4.36. The first-order valence-electron chi connectivity index (χ1n) is 8.69. The second-order valence-corrected chi connectivity index (χ2v) is 6.53. The van der Waals surface area contributed by atoms with E-state index in [9.17, 15) is 0 Å². The van der Waals surface area contributed by atoms with E-state index in [2.05, 4.69) is 19.2 Å². The molecule has 0 amide bonds. The SMILES string of the molecule is CCCNC(C1CCCC1)C1(OCC)CCCCC1. The Labute approximate surface area is 119 Å². The van der Waals surface area contributed by atoms with Gasteiger partial charge in [-0.3, -0.25) is 0 Å². The molecule has 0 aromatic carbocycles. The van der Waals surface area contributed by atoms with Crippen LogP contribution < -0.4 is 5.32 Å². The van der Waals surface area contributed by atoms with Crippen LogP contribution in [0.5, 0.6) is 0 Å². The van der Waals surface area contributed by atoms with Crippen molar-refractivity contribution in [2.45, 2.75) is 89.7 Å². The molecular weight excluding hydrogens is 234 g/mol. The van der Waals surface area contributed by atoms with Crippen LogP contribution in [-0.4, -0.2) is 24.8 Å². The van der Waals surface area contributed by atoms with E-state index < -0.39 is 0 Å². The van der Waals surface area contributed by atoms with Crippen LogP contribution in [-0.2, 0) is 4.74 Å². The van der Waals surface area contributed by atoms with E-state index in [1.807, 2.05) is 0 Å². The molecule has 0 aromatic rings. The minimum Gasteiger partial charge on any atom is -0.374 e. The molecule has 2 saturated carbocycles. The maximum atomic E-state index is 6.38. The maximum absolute atomic E-state index is 6.38. The second-order valence-electron chi connectivity index (χ2n) is 6.53. The summed E-state index contributed by atoms with van der Waals surface area (Å²) in [5, 5.41) is 3.88. The smallest absolute Gasteiger partial charge is 0.0837 e. The van der Waals surface area contributed by atoms with E-state index in [1.165, 1.54) is 64.2 Å². The predicted octanol–water partition coefficient (Wildman–Crippen LogP) is 4.28. The first kappa shape index (κ1) is 15.3. The molecule has 2 rings (SSSR count). The standard InChI is InChI=1S/C17H33NO/c1-3-14-18-16(15-10-6-7-11-15)17(19-4-2)12-8-5-9-13-17/h15-16,18H,3-14H2,1-2H3. The van der Waals surface area contributed by atoms with Crippen molar-refractivity contribution in [2.75, 3.05) is 13.2 Å². The number of rotatable bonds is 7. The zero-order valence-electron chi connectivity index (χ0n) is 13.0. The Morgan fingerprint density at radius 1 is 1.05 bits per heavy atom. The lowest BCUT2D eigenvalue weighted by molar-refractivity contribution is -0.102. The van der Waals surface area contributed by atoms with Gasteiger partial charge in [0.05, 0.1) is 5.60 Å². The fraction of sp³-hybridized carbons (Fsp3) is 1.00. The third-order valence-corrected chi connectivity index (χ3v) is 5.18. The van der Waals surface area contributed by atoms with Gasteiger partial charge in [-0.05, 0) is 51.5 Å². The second kappa shape index (κ2) is 7.64. The lowest BCUT2D eigenvalue weighted by atomic mass is 9.73. The largest absolute Gasteiger partial charge is 0.374 e. The normalized spacial score (nSPS) is 25.6. The molecule has 0 saturated heterocycles. The lowest BCUT2D eigenvalue weighted by Crippen LogP contribution is -2.57. The van der Waals surface area contributed by atoms with Gasteiger partial charge in [0.2, 0.25) is 0 Å². The third-order valence-electron chi connectivity index (χ3n) is 5.18. The summed E-state index contributed by atoms with van der Waals surface area (Å²) in [5.41, 5.74) is 0.150. The predicted molar refractivity (Wildman–Crippen MR) is 81.5 cm³/mol. The number of hydrogen-bond acceptors (Lipinski definition) is 2. The quantitative estimate of drug-likeness (QED) is 0.743. The Bertz CT molecular complexity index is 236. The van der Waals surface area contributed by atoms with Crippen LogP contribution in [0, 0.1) is 5.92 Å². The molecule has 2 aliphatic carbocycles. The Morgan fingerprint density at radius 2 is 1.74 bits per heavy atom. The van der Waals surface area contributed by atoms with Crippen molar-refractivity contribution in [3.8, 4) is 0 Å². The summed E-state index contributed by atoms with van der Waals surface area (Å²) in [6, 6.07) is 0.607. The Hall–Kier alpha value is -0.0800. The van der Waals surface area contributed by atoms with Gasteiger partial charge >= 0.3 is 0 Å². The average molecular weight is 267 g/mol. The summed E-state index contributed by atoms with van der Waals surface area (Å²) in [7, 11) is 0. The highest BCUT2D eigenvalue weighted by Gasteiger charge is 2.44. The molecule has 1 N–H and O–H groups in total. The topological polar surface area (TPSA) is 21.3 Å². The first-order chi connectivity index (χ1) is 9.32. The van der Waals surface area contributed by atoms with Crippen LogP contribution >= 0.6 is 0 Å². The van der Waals surface area contributed by atoms with E-state index in [1.54, 1.807) is 0 Å². The Morgan fingerprint density at radius 3 is 2.32 bits per heavy atom. The molecule has 0 heterocycles. The van der Waals surface area contributed by atoms with Gasteiger partial charge in [0.1, 0.15) is 0 Å². The number of hydrogen-bond donors (Lipinski definition) is 1. The highest BCUT2D eigenvalue weighted by Crippen LogP contribution is 2.41. The molecule has 2 heteroatoms. The molecule has 19 heavy (non-hydrogen) atoms. The van der Waals surface area contributed by atoms with E-state index in [0.717, 1.165) is 19.1 Å². The van der Waals surface area contributed by atoms with Gasteiger partial charge in [0.15, 0.2) is 0 Å². The molecule has 0 radical (unpaired) electrons. The van der Waals surface area contributed by atoms with Gasteiger partial charge in [-0.1, -0.05) is 39.0 Å². The summed E-state index contributed by atoms with van der Waals surface area (Å²) < 4.78 is 6.38. The zero-order chi connectivity index (χ0) is 13.6. The first-order valence-corrected chi connectivity index (χ1v) is 8.69. The van der Waals surface area contributed by atoms with Crippen molar-refractivity contribution in [1.29, 1.82) is 0 Å². The molecule has 0 spiro atoms. The monoisotopic (exact) mass is 267 g/mol. The average Bonchev–Trinajstić information content (AvgIpc) is 2.94. The molecule has 0 aliphatic heterocycles. The van der Waals surface area contributed by atoms with E-state index in [-0.39, 0.29) is 5.60 Å². The van der Waals surface area contributed by atoms with Crippen molar-refractivity contribution in [1.82, 2.24) is 5.32 Å². The van der Waals surface area contributed by atoms with Crippen molar-refractivity contribution in [2.24, 2.45) is 5.92 Å². The fourth-order valence-corrected chi connectivity index (χ4v) is 4.36. The summed E-state index contributed by atoms with van der Waals surface area (Å²) in [5.74, 6) is 0.858. The van der Waals surface area contributed by atoms with E-state index >= 15 is 0 Å². The molecule has 2 nitrogen and oxygen atoms in total. The Kier molecular flexibility index (Phi) is 6.15. The van der Waals surface area contributed by atoms with Crippen LogP contribution in [0.4, 0.5) is 0 Å². The minimum atomic E-state index is 0.150. The molecule has 0 bridgehead atoms. The molecule has 1 unspecified atom stereocenters. The molecule has 112 valence electrons. The summed E-state index contributed by atoms with van der Waals surface area (Å²) >= 11 is 0. The molecule has 2 aliphatic rings. The van der Waals surface area contributed by atoms with Crippen LogP contribution in [0.25, 0.3) is 0 Å².